The maximum absolute atomic E-state index is 9.71. The highest BCUT2D eigenvalue weighted by molar-refractivity contribution is 6.42. The molecule has 1 atom stereocenters. The second kappa shape index (κ2) is 3.97. The van der Waals surface area contributed by atoms with Crippen molar-refractivity contribution in [2.24, 2.45) is 0 Å². The van der Waals surface area contributed by atoms with Crippen molar-refractivity contribution in [1.29, 1.82) is 0 Å². The SMILES string of the molecule is Oc1cc(Cl)c(Cl)cc1[C@@H]1CCNC1. The Morgan fingerprint density at radius 2 is 2.00 bits per heavy atom. The highest BCUT2D eigenvalue weighted by atomic mass is 35.5. The van der Waals surface area contributed by atoms with Crippen molar-refractivity contribution in [1.82, 2.24) is 5.32 Å². The van der Waals surface area contributed by atoms with E-state index in [1.165, 1.54) is 6.07 Å². The molecular weight excluding hydrogens is 221 g/mol. The van der Waals surface area contributed by atoms with E-state index in [9.17, 15) is 5.11 Å². The van der Waals surface area contributed by atoms with E-state index in [0.29, 0.717) is 16.0 Å². The molecule has 76 valence electrons. The number of phenols is 1. The summed E-state index contributed by atoms with van der Waals surface area (Å²) in [4.78, 5) is 0. The summed E-state index contributed by atoms with van der Waals surface area (Å²) in [5.41, 5.74) is 0.893. The van der Waals surface area contributed by atoms with Crippen LogP contribution in [0.3, 0.4) is 0 Å². The molecule has 4 heteroatoms. The van der Waals surface area contributed by atoms with E-state index >= 15 is 0 Å². The molecule has 0 aromatic heterocycles. The molecule has 1 aliphatic heterocycles. The summed E-state index contributed by atoms with van der Waals surface area (Å²) in [6.07, 6.45) is 1.03. The zero-order valence-corrected chi connectivity index (χ0v) is 9.07. The van der Waals surface area contributed by atoms with Gasteiger partial charge in [0, 0.05) is 18.5 Å². The Morgan fingerprint density at radius 3 is 2.64 bits per heavy atom. The number of hydrogen-bond donors (Lipinski definition) is 2. The molecule has 1 heterocycles. The molecule has 1 saturated heterocycles. The monoisotopic (exact) mass is 231 g/mol. The molecule has 0 spiro atoms. The first kappa shape index (κ1) is 10.1. The highest BCUT2D eigenvalue weighted by Crippen LogP contribution is 2.36. The van der Waals surface area contributed by atoms with Gasteiger partial charge in [0.2, 0.25) is 0 Å². The molecule has 0 saturated carbocycles. The third kappa shape index (κ3) is 1.83. The van der Waals surface area contributed by atoms with Gasteiger partial charge in [0.1, 0.15) is 5.75 Å². The molecule has 14 heavy (non-hydrogen) atoms. The molecule has 2 rings (SSSR count). The number of aromatic hydroxyl groups is 1. The Balaban J connectivity index is 2.37. The molecule has 0 amide bonds. The lowest BCUT2D eigenvalue weighted by Crippen LogP contribution is -2.08. The fourth-order valence-corrected chi connectivity index (χ4v) is 2.13. The summed E-state index contributed by atoms with van der Waals surface area (Å²) in [5.74, 6) is 0.595. The van der Waals surface area contributed by atoms with Crippen molar-refractivity contribution in [3.05, 3.63) is 27.7 Å². The maximum atomic E-state index is 9.71. The molecule has 1 aromatic carbocycles. The minimum absolute atomic E-state index is 0.244. The molecule has 2 N–H and O–H groups in total. The van der Waals surface area contributed by atoms with Gasteiger partial charge >= 0.3 is 0 Å². The van der Waals surface area contributed by atoms with Crippen LogP contribution < -0.4 is 5.32 Å². The second-order valence-corrected chi connectivity index (χ2v) is 4.33. The van der Waals surface area contributed by atoms with Gasteiger partial charge in [0.15, 0.2) is 0 Å². The number of benzene rings is 1. The lowest BCUT2D eigenvalue weighted by Gasteiger charge is -2.12. The zero-order valence-electron chi connectivity index (χ0n) is 7.56. The summed E-state index contributed by atoms with van der Waals surface area (Å²) >= 11 is 11.7. The van der Waals surface area contributed by atoms with Gasteiger partial charge in [-0.2, -0.15) is 0 Å². The average molecular weight is 232 g/mol. The summed E-state index contributed by atoms with van der Waals surface area (Å²) in [6, 6.07) is 3.27. The Morgan fingerprint density at radius 1 is 1.29 bits per heavy atom. The second-order valence-electron chi connectivity index (χ2n) is 3.51. The quantitative estimate of drug-likeness (QED) is 0.780. The third-order valence-corrected chi connectivity index (χ3v) is 3.29. The molecule has 0 bridgehead atoms. The predicted molar refractivity (Wildman–Crippen MR) is 58.4 cm³/mol. The zero-order chi connectivity index (χ0) is 10.1. The molecule has 1 fully saturated rings. The van der Waals surface area contributed by atoms with Gasteiger partial charge in [-0.05, 0) is 24.6 Å². The van der Waals surface area contributed by atoms with Crippen molar-refractivity contribution in [2.45, 2.75) is 12.3 Å². The van der Waals surface area contributed by atoms with E-state index < -0.39 is 0 Å². The summed E-state index contributed by atoms with van der Waals surface area (Å²) in [5, 5.41) is 13.9. The van der Waals surface area contributed by atoms with Gasteiger partial charge in [-0.25, -0.2) is 0 Å². The largest absolute Gasteiger partial charge is 0.508 e. The van der Waals surface area contributed by atoms with Gasteiger partial charge in [-0.1, -0.05) is 23.2 Å². The first-order valence-corrected chi connectivity index (χ1v) is 5.32. The topological polar surface area (TPSA) is 32.3 Å². The minimum atomic E-state index is 0.244. The average Bonchev–Trinajstić information content (AvgIpc) is 2.64. The Hall–Kier alpha value is -0.440. The van der Waals surface area contributed by atoms with E-state index in [4.69, 9.17) is 23.2 Å². The van der Waals surface area contributed by atoms with E-state index in [2.05, 4.69) is 5.32 Å². The van der Waals surface area contributed by atoms with Crippen molar-refractivity contribution in [3.8, 4) is 5.75 Å². The number of nitrogens with one attached hydrogen (secondary N) is 1. The smallest absolute Gasteiger partial charge is 0.120 e. The molecule has 0 radical (unpaired) electrons. The van der Waals surface area contributed by atoms with E-state index in [0.717, 1.165) is 25.1 Å². The van der Waals surface area contributed by atoms with Gasteiger partial charge in [-0.15, -0.1) is 0 Å². The lowest BCUT2D eigenvalue weighted by molar-refractivity contribution is 0.463. The van der Waals surface area contributed by atoms with E-state index in [-0.39, 0.29) is 5.75 Å². The van der Waals surface area contributed by atoms with Crippen LogP contribution in [0.15, 0.2) is 12.1 Å². The standard InChI is InChI=1S/C10H11Cl2NO/c11-8-3-7(6-1-2-13-5-6)10(14)4-9(8)12/h3-4,6,13-14H,1-2,5H2/t6-/m1/s1. The van der Waals surface area contributed by atoms with Crippen molar-refractivity contribution < 1.29 is 5.11 Å². The summed E-state index contributed by atoms with van der Waals surface area (Å²) in [6.45, 7) is 1.88. The van der Waals surface area contributed by atoms with Gasteiger partial charge in [-0.3, -0.25) is 0 Å². The highest BCUT2D eigenvalue weighted by Gasteiger charge is 2.20. The van der Waals surface area contributed by atoms with Gasteiger partial charge in [0.25, 0.3) is 0 Å². The first-order valence-electron chi connectivity index (χ1n) is 4.57. The predicted octanol–water partition coefficient (Wildman–Crippen LogP) is 2.78. The molecule has 1 aromatic rings. The lowest BCUT2D eigenvalue weighted by atomic mass is 9.97. The number of halogens is 2. The van der Waals surface area contributed by atoms with Crippen molar-refractivity contribution in [2.75, 3.05) is 13.1 Å². The van der Waals surface area contributed by atoms with Crippen LogP contribution in [0, 0.1) is 0 Å². The number of hydrogen-bond acceptors (Lipinski definition) is 2. The van der Waals surface area contributed by atoms with E-state index in [1.807, 2.05) is 0 Å². The normalized spacial score (nSPS) is 21.4. The van der Waals surface area contributed by atoms with Crippen molar-refractivity contribution >= 4 is 23.2 Å². The number of rotatable bonds is 1. The van der Waals surface area contributed by atoms with E-state index in [1.54, 1.807) is 6.07 Å². The van der Waals surface area contributed by atoms with Crippen LogP contribution in [0.2, 0.25) is 10.0 Å². The van der Waals surface area contributed by atoms with Crippen LogP contribution in [0.25, 0.3) is 0 Å². The summed E-state index contributed by atoms with van der Waals surface area (Å²) < 4.78 is 0. The number of phenolic OH excluding ortho intramolecular Hbond substituents is 1. The molecule has 2 nitrogen and oxygen atoms in total. The van der Waals surface area contributed by atoms with Crippen molar-refractivity contribution in [3.63, 3.8) is 0 Å². The Kier molecular flexibility index (Phi) is 2.86. The van der Waals surface area contributed by atoms with Gasteiger partial charge < -0.3 is 10.4 Å². The van der Waals surface area contributed by atoms with Crippen LogP contribution >= 0.6 is 23.2 Å². The molecule has 1 aliphatic rings. The van der Waals surface area contributed by atoms with Gasteiger partial charge in [0.05, 0.1) is 10.0 Å². The van der Waals surface area contributed by atoms with Crippen LogP contribution in [0.4, 0.5) is 0 Å². The Bertz CT molecular complexity index is 348. The summed E-state index contributed by atoms with van der Waals surface area (Å²) in [7, 11) is 0. The molecular formula is C10H11Cl2NO. The minimum Gasteiger partial charge on any atom is -0.508 e. The maximum Gasteiger partial charge on any atom is 0.120 e. The fraction of sp³-hybridized carbons (Fsp3) is 0.400. The van der Waals surface area contributed by atoms with Crippen LogP contribution in [0.5, 0.6) is 5.75 Å². The molecule has 0 unspecified atom stereocenters. The van der Waals surface area contributed by atoms with Crippen LogP contribution in [-0.4, -0.2) is 18.2 Å². The van der Waals surface area contributed by atoms with Crippen LogP contribution in [0.1, 0.15) is 17.9 Å². The van der Waals surface area contributed by atoms with Crippen LogP contribution in [-0.2, 0) is 0 Å². The third-order valence-electron chi connectivity index (χ3n) is 2.57. The Labute approximate surface area is 92.8 Å². The molecule has 0 aliphatic carbocycles. The fourth-order valence-electron chi connectivity index (χ4n) is 1.80. The first-order chi connectivity index (χ1) is 6.68.